The Hall–Kier alpha value is -1.83. The number of halogens is 1. The molecule has 0 spiro atoms. The third-order valence-corrected chi connectivity index (χ3v) is 6.50. The molecule has 2 heterocycles. The van der Waals surface area contributed by atoms with E-state index in [9.17, 15) is 13.2 Å². The fraction of sp³-hybridized carbons (Fsp3) is 0.389. The van der Waals surface area contributed by atoms with E-state index in [1.807, 2.05) is 0 Å². The van der Waals surface area contributed by atoms with Gasteiger partial charge in [0.25, 0.3) is 0 Å². The number of rotatable bonds is 6. The van der Waals surface area contributed by atoms with Gasteiger partial charge in [0, 0.05) is 18.1 Å². The van der Waals surface area contributed by atoms with E-state index < -0.39 is 10.0 Å². The Labute approximate surface area is 158 Å². The molecule has 0 saturated carbocycles. The first-order valence-electron chi connectivity index (χ1n) is 8.46. The average molecular weight is 397 g/mol. The third-order valence-electron chi connectivity index (χ3n) is 4.43. The van der Waals surface area contributed by atoms with Crippen molar-refractivity contribution in [2.75, 3.05) is 13.1 Å². The van der Waals surface area contributed by atoms with Gasteiger partial charge in [-0.1, -0.05) is 23.7 Å². The van der Waals surface area contributed by atoms with Crippen LogP contribution in [0.3, 0.4) is 0 Å². The van der Waals surface area contributed by atoms with Crippen LogP contribution in [-0.4, -0.2) is 31.7 Å². The second kappa shape index (κ2) is 8.24. The summed E-state index contributed by atoms with van der Waals surface area (Å²) < 4.78 is 32.0. The molecule has 0 aliphatic carbocycles. The van der Waals surface area contributed by atoms with E-state index in [4.69, 9.17) is 16.0 Å². The maximum Gasteiger partial charge on any atom is 0.224 e. The van der Waals surface area contributed by atoms with Crippen LogP contribution in [0.2, 0.25) is 5.02 Å². The fourth-order valence-corrected chi connectivity index (χ4v) is 4.76. The van der Waals surface area contributed by atoms with Gasteiger partial charge in [-0.25, -0.2) is 12.7 Å². The molecular weight excluding hydrogens is 376 g/mol. The van der Waals surface area contributed by atoms with Crippen LogP contribution in [0.25, 0.3) is 0 Å². The number of amides is 1. The van der Waals surface area contributed by atoms with Crippen LogP contribution >= 0.6 is 11.6 Å². The van der Waals surface area contributed by atoms with E-state index in [1.54, 1.807) is 42.7 Å². The van der Waals surface area contributed by atoms with Gasteiger partial charge in [0.15, 0.2) is 0 Å². The molecule has 1 atom stereocenters. The molecule has 3 rings (SSSR count). The van der Waals surface area contributed by atoms with Crippen molar-refractivity contribution in [2.24, 2.45) is 5.92 Å². The second-order valence-electron chi connectivity index (χ2n) is 6.38. The summed E-state index contributed by atoms with van der Waals surface area (Å²) in [6.45, 7) is 0.956. The van der Waals surface area contributed by atoms with Gasteiger partial charge in [0.1, 0.15) is 5.76 Å². The summed E-state index contributed by atoms with van der Waals surface area (Å²) in [6, 6.07) is 10.3. The van der Waals surface area contributed by atoms with Gasteiger partial charge in [-0.05, 0) is 42.7 Å². The molecule has 0 unspecified atom stereocenters. The molecule has 1 aliphatic heterocycles. The third kappa shape index (κ3) is 4.87. The topological polar surface area (TPSA) is 79.6 Å². The summed E-state index contributed by atoms with van der Waals surface area (Å²) in [6.07, 6.45) is 2.89. The summed E-state index contributed by atoms with van der Waals surface area (Å²) in [4.78, 5) is 12.4. The highest BCUT2D eigenvalue weighted by Gasteiger charge is 2.32. The first-order valence-corrected chi connectivity index (χ1v) is 10.4. The molecule has 1 aromatic carbocycles. The number of furan rings is 1. The van der Waals surface area contributed by atoms with Crippen LogP contribution in [0.1, 0.15) is 24.2 Å². The SMILES string of the molecule is O=C(NCc1ccco1)[C@@H]1CCCN(S(=O)(=O)Cc2ccc(Cl)cc2)C1. The Balaban J connectivity index is 1.59. The molecule has 140 valence electrons. The zero-order chi connectivity index (χ0) is 18.6. The standard InChI is InChI=1S/C18H21ClN2O4S/c19-16-7-5-14(6-8-16)13-26(23,24)21-9-1-3-15(12-21)18(22)20-11-17-4-2-10-25-17/h2,4-8,10,15H,1,3,9,11-13H2,(H,20,22)/t15-/m1/s1. The number of carbonyl (C=O) groups excluding carboxylic acids is 1. The van der Waals surface area contributed by atoms with Gasteiger partial charge in [0.05, 0.1) is 24.5 Å². The normalized spacial score (nSPS) is 18.6. The number of piperidine rings is 1. The molecule has 26 heavy (non-hydrogen) atoms. The number of hydrogen-bond donors (Lipinski definition) is 1. The van der Waals surface area contributed by atoms with Gasteiger partial charge in [0.2, 0.25) is 15.9 Å². The molecule has 6 nitrogen and oxygen atoms in total. The quantitative estimate of drug-likeness (QED) is 0.814. The number of nitrogens with one attached hydrogen (secondary N) is 1. The predicted molar refractivity (Wildman–Crippen MR) is 98.9 cm³/mol. The van der Waals surface area contributed by atoms with E-state index in [0.29, 0.717) is 42.3 Å². The Morgan fingerprint density at radius 1 is 1.27 bits per heavy atom. The van der Waals surface area contributed by atoms with E-state index in [2.05, 4.69) is 5.32 Å². The largest absolute Gasteiger partial charge is 0.467 e. The fourth-order valence-electron chi connectivity index (χ4n) is 3.02. The first kappa shape index (κ1) is 18.9. The lowest BCUT2D eigenvalue weighted by Gasteiger charge is -2.31. The lowest BCUT2D eigenvalue weighted by molar-refractivity contribution is -0.126. The molecule has 8 heteroatoms. The summed E-state index contributed by atoms with van der Waals surface area (Å²) >= 11 is 5.84. The monoisotopic (exact) mass is 396 g/mol. The molecule has 1 amide bonds. The molecule has 1 saturated heterocycles. The van der Waals surface area contributed by atoms with Crippen molar-refractivity contribution < 1.29 is 17.6 Å². The maximum atomic E-state index is 12.7. The molecular formula is C18H21ClN2O4S. The van der Waals surface area contributed by atoms with Gasteiger partial charge in [-0.15, -0.1) is 0 Å². The number of sulfonamides is 1. The molecule has 1 aromatic heterocycles. The van der Waals surface area contributed by atoms with Crippen LogP contribution in [0.15, 0.2) is 47.1 Å². The highest BCUT2D eigenvalue weighted by Crippen LogP contribution is 2.22. The minimum atomic E-state index is -3.48. The van der Waals surface area contributed by atoms with E-state index in [-0.39, 0.29) is 24.1 Å². The van der Waals surface area contributed by atoms with Crippen molar-refractivity contribution in [3.63, 3.8) is 0 Å². The number of carbonyl (C=O) groups is 1. The second-order valence-corrected chi connectivity index (χ2v) is 8.78. The maximum absolute atomic E-state index is 12.7. The molecule has 1 aliphatic rings. The molecule has 0 radical (unpaired) electrons. The van der Waals surface area contributed by atoms with Crippen molar-refractivity contribution in [3.8, 4) is 0 Å². The summed E-state index contributed by atoms with van der Waals surface area (Å²) in [5, 5.41) is 3.38. The lowest BCUT2D eigenvalue weighted by Crippen LogP contribution is -2.45. The summed E-state index contributed by atoms with van der Waals surface area (Å²) in [5.41, 5.74) is 0.679. The predicted octanol–water partition coefficient (Wildman–Crippen LogP) is 2.79. The number of benzene rings is 1. The van der Waals surface area contributed by atoms with Gasteiger partial charge in [-0.2, -0.15) is 0 Å². The number of nitrogens with zero attached hydrogens (tertiary/aromatic N) is 1. The van der Waals surface area contributed by atoms with Crippen LogP contribution in [-0.2, 0) is 27.1 Å². The Morgan fingerprint density at radius 2 is 2.04 bits per heavy atom. The van der Waals surface area contributed by atoms with E-state index >= 15 is 0 Å². The van der Waals surface area contributed by atoms with Crippen molar-refractivity contribution in [1.82, 2.24) is 9.62 Å². The van der Waals surface area contributed by atoms with Gasteiger partial charge < -0.3 is 9.73 Å². The Kier molecular flexibility index (Phi) is 6.01. The smallest absolute Gasteiger partial charge is 0.224 e. The Bertz CT molecular complexity index is 835. The summed E-state index contributed by atoms with van der Waals surface area (Å²) in [7, 11) is -3.48. The van der Waals surface area contributed by atoms with Crippen LogP contribution in [0.4, 0.5) is 0 Å². The van der Waals surface area contributed by atoms with Gasteiger partial charge >= 0.3 is 0 Å². The molecule has 1 fully saturated rings. The average Bonchev–Trinajstić information content (AvgIpc) is 3.15. The van der Waals surface area contributed by atoms with E-state index in [1.165, 1.54) is 4.31 Å². The minimum Gasteiger partial charge on any atom is -0.467 e. The minimum absolute atomic E-state index is 0.0924. The van der Waals surface area contributed by atoms with Crippen molar-refractivity contribution in [2.45, 2.75) is 25.1 Å². The van der Waals surface area contributed by atoms with Crippen molar-refractivity contribution >= 4 is 27.5 Å². The Morgan fingerprint density at radius 3 is 2.73 bits per heavy atom. The van der Waals surface area contributed by atoms with Crippen molar-refractivity contribution in [1.29, 1.82) is 0 Å². The summed E-state index contributed by atoms with van der Waals surface area (Å²) in [5.74, 6) is 0.0816. The first-order chi connectivity index (χ1) is 12.4. The van der Waals surface area contributed by atoms with Crippen molar-refractivity contribution in [3.05, 3.63) is 59.0 Å². The zero-order valence-electron chi connectivity index (χ0n) is 14.2. The zero-order valence-corrected chi connectivity index (χ0v) is 15.8. The van der Waals surface area contributed by atoms with Crippen LogP contribution < -0.4 is 5.32 Å². The van der Waals surface area contributed by atoms with E-state index in [0.717, 1.165) is 0 Å². The van der Waals surface area contributed by atoms with Crippen LogP contribution in [0, 0.1) is 5.92 Å². The lowest BCUT2D eigenvalue weighted by atomic mass is 9.99. The highest BCUT2D eigenvalue weighted by atomic mass is 35.5. The van der Waals surface area contributed by atoms with Gasteiger partial charge in [-0.3, -0.25) is 4.79 Å². The molecule has 0 bridgehead atoms. The number of hydrogen-bond acceptors (Lipinski definition) is 4. The van der Waals surface area contributed by atoms with Crippen LogP contribution in [0.5, 0.6) is 0 Å². The highest BCUT2D eigenvalue weighted by molar-refractivity contribution is 7.88. The molecule has 1 N–H and O–H groups in total. The molecule has 2 aromatic rings.